The second-order valence-corrected chi connectivity index (χ2v) is 4.18. The molecule has 0 radical (unpaired) electrons. The Morgan fingerprint density at radius 2 is 2.00 bits per heavy atom. The van der Waals surface area contributed by atoms with Crippen molar-refractivity contribution in [2.45, 2.75) is 12.5 Å². The molecule has 2 N–H and O–H groups in total. The van der Waals surface area contributed by atoms with Crippen LogP contribution in [0.1, 0.15) is 17.3 Å². The molecule has 0 fully saturated rings. The molecule has 0 aliphatic rings. The van der Waals surface area contributed by atoms with Crippen molar-refractivity contribution in [3.8, 4) is 0 Å². The Labute approximate surface area is 104 Å². The lowest BCUT2D eigenvalue weighted by Gasteiger charge is -2.12. The highest BCUT2D eigenvalue weighted by atomic mass is 35.5. The molecule has 1 heterocycles. The van der Waals surface area contributed by atoms with Crippen LogP contribution >= 0.6 is 11.6 Å². The lowest BCUT2D eigenvalue weighted by molar-refractivity contribution is 0.590. The van der Waals surface area contributed by atoms with E-state index in [-0.39, 0.29) is 5.82 Å². The van der Waals surface area contributed by atoms with Gasteiger partial charge in [-0.05, 0) is 30.2 Å². The Hall–Kier alpha value is -1.45. The highest BCUT2D eigenvalue weighted by Crippen LogP contribution is 2.22. The smallest absolute Gasteiger partial charge is 0.126 e. The van der Waals surface area contributed by atoms with Crippen LogP contribution in [0.2, 0.25) is 5.02 Å². The van der Waals surface area contributed by atoms with Crippen molar-refractivity contribution in [1.29, 1.82) is 0 Å². The van der Waals surface area contributed by atoms with Crippen molar-refractivity contribution in [3.63, 3.8) is 0 Å². The Bertz CT molecular complexity index is 516. The molecule has 0 amide bonds. The van der Waals surface area contributed by atoms with E-state index in [2.05, 4.69) is 4.98 Å². The molecule has 0 saturated carbocycles. The van der Waals surface area contributed by atoms with Crippen molar-refractivity contribution >= 4 is 11.6 Å². The zero-order valence-corrected chi connectivity index (χ0v) is 9.86. The summed E-state index contributed by atoms with van der Waals surface area (Å²) in [5.74, 6) is -0.255. The van der Waals surface area contributed by atoms with Gasteiger partial charge in [0.1, 0.15) is 5.82 Å². The van der Waals surface area contributed by atoms with Crippen LogP contribution in [0.15, 0.2) is 42.6 Å². The third kappa shape index (κ3) is 2.81. The van der Waals surface area contributed by atoms with Crippen LogP contribution in [0.5, 0.6) is 0 Å². The van der Waals surface area contributed by atoms with Gasteiger partial charge in [-0.15, -0.1) is 0 Å². The predicted molar refractivity (Wildman–Crippen MR) is 66.3 cm³/mol. The minimum absolute atomic E-state index is 0.255. The Balaban J connectivity index is 2.20. The molecule has 0 spiro atoms. The Morgan fingerprint density at radius 3 is 2.71 bits per heavy atom. The lowest BCUT2D eigenvalue weighted by Crippen LogP contribution is -2.16. The molecule has 0 aliphatic heterocycles. The van der Waals surface area contributed by atoms with Crippen molar-refractivity contribution in [2.24, 2.45) is 5.73 Å². The summed E-state index contributed by atoms with van der Waals surface area (Å²) in [7, 11) is 0. The number of aromatic nitrogens is 1. The predicted octanol–water partition coefficient (Wildman–Crippen LogP) is 3.12. The van der Waals surface area contributed by atoms with Crippen LogP contribution in [0.3, 0.4) is 0 Å². The van der Waals surface area contributed by atoms with Gasteiger partial charge >= 0.3 is 0 Å². The minimum Gasteiger partial charge on any atom is -0.322 e. The number of hydrogen-bond acceptors (Lipinski definition) is 2. The van der Waals surface area contributed by atoms with E-state index in [9.17, 15) is 4.39 Å². The van der Waals surface area contributed by atoms with Crippen LogP contribution in [-0.4, -0.2) is 4.98 Å². The SMILES string of the molecule is NC(Cc1ccccc1F)c1ncccc1Cl. The van der Waals surface area contributed by atoms with Crippen LogP contribution in [0, 0.1) is 5.82 Å². The fourth-order valence-electron chi connectivity index (χ4n) is 1.67. The van der Waals surface area contributed by atoms with Gasteiger partial charge in [-0.1, -0.05) is 29.8 Å². The summed E-state index contributed by atoms with van der Waals surface area (Å²) in [5, 5.41) is 0.510. The number of benzene rings is 1. The van der Waals surface area contributed by atoms with Gasteiger partial charge in [-0.3, -0.25) is 4.98 Å². The van der Waals surface area contributed by atoms with Crippen molar-refractivity contribution < 1.29 is 4.39 Å². The van der Waals surface area contributed by atoms with Gasteiger partial charge in [0.2, 0.25) is 0 Å². The summed E-state index contributed by atoms with van der Waals surface area (Å²) in [4.78, 5) is 4.12. The normalized spacial score (nSPS) is 12.4. The van der Waals surface area contributed by atoms with Gasteiger partial charge in [-0.2, -0.15) is 0 Å². The maximum atomic E-state index is 13.5. The summed E-state index contributed by atoms with van der Waals surface area (Å²) in [6, 6.07) is 9.63. The standard InChI is InChI=1S/C13H12ClFN2/c14-10-5-3-7-17-13(10)12(16)8-9-4-1-2-6-11(9)15/h1-7,12H,8,16H2. The molecule has 0 saturated heterocycles. The van der Waals surface area contributed by atoms with Crippen molar-refractivity contribution in [3.05, 3.63) is 64.7 Å². The van der Waals surface area contributed by atoms with Crippen LogP contribution in [0.25, 0.3) is 0 Å². The highest BCUT2D eigenvalue weighted by Gasteiger charge is 2.13. The molecule has 2 nitrogen and oxygen atoms in total. The van der Waals surface area contributed by atoms with E-state index < -0.39 is 6.04 Å². The first-order chi connectivity index (χ1) is 8.18. The molecule has 1 unspecified atom stereocenters. The zero-order valence-electron chi connectivity index (χ0n) is 9.11. The van der Waals surface area contributed by atoms with E-state index in [0.717, 1.165) is 0 Å². The minimum atomic E-state index is -0.402. The molecule has 88 valence electrons. The Morgan fingerprint density at radius 1 is 1.24 bits per heavy atom. The first-order valence-electron chi connectivity index (χ1n) is 5.28. The maximum absolute atomic E-state index is 13.5. The average molecular weight is 251 g/mol. The first-order valence-corrected chi connectivity index (χ1v) is 5.65. The van der Waals surface area contributed by atoms with Gasteiger partial charge < -0.3 is 5.73 Å². The van der Waals surface area contributed by atoms with E-state index in [4.69, 9.17) is 17.3 Å². The zero-order chi connectivity index (χ0) is 12.3. The molecular formula is C13H12ClFN2. The summed E-state index contributed by atoms with van der Waals surface area (Å²) < 4.78 is 13.5. The second kappa shape index (κ2) is 5.25. The summed E-state index contributed by atoms with van der Waals surface area (Å²) in [6.45, 7) is 0. The van der Waals surface area contributed by atoms with Gasteiger partial charge in [0, 0.05) is 6.20 Å². The molecule has 1 atom stereocenters. The number of halogens is 2. The summed E-state index contributed by atoms with van der Waals surface area (Å²) >= 11 is 5.99. The van der Waals surface area contributed by atoms with E-state index in [1.807, 2.05) is 0 Å². The lowest BCUT2D eigenvalue weighted by atomic mass is 10.0. The van der Waals surface area contributed by atoms with Crippen LogP contribution in [-0.2, 0) is 6.42 Å². The number of nitrogens with two attached hydrogens (primary N) is 1. The number of rotatable bonds is 3. The topological polar surface area (TPSA) is 38.9 Å². The molecular weight excluding hydrogens is 239 g/mol. The third-order valence-corrected chi connectivity index (χ3v) is 2.86. The van der Waals surface area contributed by atoms with E-state index in [1.54, 1.807) is 36.5 Å². The summed E-state index contributed by atoms with van der Waals surface area (Å²) in [6.07, 6.45) is 2.01. The molecule has 1 aromatic heterocycles. The molecule has 1 aromatic carbocycles. The van der Waals surface area contributed by atoms with E-state index in [1.165, 1.54) is 6.07 Å². The Kier molecular flexibility index (Phi) is 3.71. The van der Waals surface area contributed by atoms with Crippen LogP contribution in [0.4, 0.5) is 4.39 Å². The quantitative estimate of drug-likeness (QED) is 0.909. The molecule has 0 bridgehead atoms. The largest absolute Gasteiger partial charge is 0.322 e. The van der Waals surface area contributed by atoms with E-state index in [0.29, 0.717) is 22.7 Å². The first kappa shape index (κ1) is 12.0. The van der Waals surface area contributed by atoms with Gasteiger partial charge in [-0.25, -0.2) is 4.39 Å². The average Bonchev–Trinajstić information content (AvgIpc) is 2.32. The van der Waals surface area contributed by atoms with Crippen molar-refractivity contribution in [1.82, 2.24) is 4.98 Å². The second-order valence-electron chi connectivity index (χ2n) is 3.77. The molecule has 4 heteroatoms. The number of nitrogens with zero attached hydrogens (tertiary/aromatic N) is 1. The van der Waals surface area contributed by atoms with Gasteiger partial charge in [0.05, 0.1) is 16.8 Å². The fraction of sp³-hybridized carbons (Fsp3) is 0.154. The monoisotopic (exact) mass is 250 g/mol. The fourth-order valence-corrected chi connectivity index (χ4v) is 1.93. The number of hydrogen-bond donors (Lipinski definition) is 1. The molecule has 2 aromatic rings. The number of pyridine rings is 1. The molecule has 2 rings (SSSR count). The van der Waals surface area contributed by atoms with Crippen molar-refractivity contribution in [2.75, 3.05) is 0 Å². The van der Waals surface area contributed by atoms with Crippen LogP contribution < -0.4 is 5.73 Å². The van der Waals surface area contributed by atoms with Gasteiger partial charge in [0.25, 0.3) is 0 Å². The summed E-state index contributed by atoms with van der Waals surface area (Å²) in [5.41, 5.74) is 7.15. The maximum Gasteiger partial charge on any atom is 0.126 e. The van der Waals surface area contributed by atoms with E-state index >= 15 is 0 Å². The highest BCUT2D eigenvalue weighted by molar-refractivity contribution is 6.31. The molecule has 17 heavy (non-hydrogen) atoms. The third-order valence-electron chi connectivity index (χ3n) is 2.54. The van der Waals surface area contributed by atoms with Gasteiger partial charge in [0.15, 0.2) is 0 Å². The molecule has 0 aliphatic carbocycles.